The molecule has 0 saturated heterocycles. The molecule has 180 valence electrons. The van der Waals surface area contributed by atoms with Crippen molar-refractivity contribution in [2.45, 2.75) is 13.8 Å². The van der Waals surface area contributed by atoms with E-state index in [-0.39, 0.29) is 0 Å². The van der Waals surface area contributed by atoms with Crippen LogP contribution in [0.4, 0.5) is 0 Å². The van der Waals surface area contributed by atoms with Crippen LogP contribution in [0, 0.1) is 13.8 Å². The largest absolute Gasteiger partial charge is 0.264 e. The zero-order valence-corrected chi connectivity index (χ0v) is 21.4. The Morgan fingerprint density at radius 2 is 1.16 bits per heavy atom. The van der Waals surface area contributed by atoms with Crippen LogP contribution < -0.4 is 0 Å². The lowest BCUT2D eigenvalue weighted by molar-refractivity contribution is 1.35. The molecule has 2 heteroatoms. The summed E-state index contributed by atoms with van der Waals surface area (Å²) in [5.74, 6) is 0. The summed E-state index contributed by atoms with van der Waals surface area (Å²) in [5.41, 5.74) is 10.6. The topological polar surface area (TPSA) is 25.8 Å². The van der Waals surface area contributed by atoms with Crippen LogP contribution in [0.5, 0.6) is 0 Å². The van der Waals surface area contributed by atoms with Gasteiger partial charge in [0.05, 0.1) is 11.2 Å². The third-order valence-electron chi connectivity index (χ3n) is 7.41. The molecule has 5 aromatic carbocycles. The van der Waals surface area contributed by atoms with E-state index in [4.69, 9.17) is 4.98 Å². The Morgan fingerprint density at radius 1 is 0.474 bits per heavy atom. The zero-order chi connectivity index (χ0) is 25.6. The summed E-state index contributed by atoms with van der Waals surface area (Å²) in [6, 6.07) is 39.4. The van der Waals surface area contributed by atoms with Gasteiger partial charge in [0, 0.05) is 28.7 Å². The van der Waals surface area contributed by atoms with E-state index in [9.17, 15) is 0 Å². The van der Waals surface area contributed by atoms with Crippen LogP contribution in [0.3, 0.4) is 0 Å². The number of rotatable bonds is 3. The summed E-state index contributed by atoms with van der Waals surface area (Å²) in [7, 11) is 0. The average molecular weight is 487 g/mol. The molecular weight excluding hydrogens is 460 g/mol. The molecule has 0 aliphatic heterocycles. The van der Waals surface area contributed by atoms with Crippen molar-refractivity contribution in [3.63, 3.8) is 0 Å². The molecule has 0 radical (unpaired) electrons. The van der Waals surface area contributed by atoms with Gasteiger partial charge in [0.2, 0.25) is 0 Å². The van der Waals surface area contributed by atoms with Gasteiger partial charge in [-0.3, -0.25) is 4.98 Å². The molecule has 38 heavy (non-hydrogen) atoms. The standard InChI is InChI=1S/C36H26N2/c1-23-7-9-25(10-8-23)30-17-24(2)18-31(21-30)28-12-11-27-20-29(14-13-26(27)19-28)36-34-22-37-16-15-32(34)33-5-3-4-6-35(33)38-36/h3-22H,1-2H3. The molecule has 0 saturated carbocycles. The van der Waals surface area contributed by atoms with Gasteiger partial charge in [0.25, 0.3) is 0 Å². The monoisotopic (exact) mass is 486 g/mol. The van der Waals surface area contributed by atoms with Crippen molar-refractivity contribution in [2.75, 3.05) is 0 Å². The van der Waals surface area contributed by atoms with E-state index in [0.717, 1.165) is 27.5 Å². The van der Waals surface area contributed by atoms with Crippen molar-refractivity contribution < 1.29 is 0 Å². The molecule has 0 N–H and O–H groups in total. The van der Waals surface area contributed by atoms with Gasteiger partial charge in [0.1, 0.15) is 0 Å². The minimum absolute atomic E-state index is 0.971. The fourth-order valence-corrected chi connectivity index (χ4v) is 5.45. The van der Waals surface area contributed by atoms with Crippen LogP contribution in [0.15, 0.2) is 122 Å². The van der Waals surface area contributed by atoms with Crippen molar-refractivity contribution in [3.8, 4) is 33.5 Å². The Labute approximate surface area is 222 Å². The van der Waals surface area contributed by atoms with Crippen molar-refractivity contribution in [3.05, 3.63) is 133 Å². The number of nitrogens with zero attached hydrogens (tertiary/aromatic N) is 2. The van der Waals surface area contributed by atoms with Crippen LogP contribution in [0.25, 0.3) is 66.0 Å². The van der Waals surface area contributed by atoms with Crippen molar-refractivity contribution in [1.29, 1.82) is 0 Å². The van der Waals surface area contributed by atoms with Gasteiger partial charge in [-0.25, -0.2) is 4.98 Å². The van der Waals surface area contributed by atoms with Crippen molar-refractivity contribution in [2.24, 2.45) is 0 Å². The van der Waals surface area contributed by atoms with Gasteiger partial charge in [-0.2, -0.15) is 0 Å². The van der Waals surface area contributed by atoms with Crippen LogP contribution in [0.1, 0.15) is 11.1 Å². The molecule has 0 fully saturated rings. The number of hydrogen-bond acceptors (Lipinski definition) is 2. The Hall–Kier alpha value is -4.82. The highest BCUT2D eigenvalue weighted by Crippen LogP contribution is 2.35. The number of aryl methyl sites for hydroxylation is 2. The lowest BCUT2D eigenvalue weighted by Gasteiger charge is -2.12. The SMILES string of the molecule is Cc1ccc(-c2cc(C)cc(-c3ccc4cc(-c5nc6ccccc6c6ccncc56)ccc4c3)c2)cc1. The maximum atomic E-state index is 5.06. The van der Waals surface area contributed by atoms with Gasteiger partial charge in [-0.15, -0.1) is 0 Å². The normalized spacial score (nSPS) is 11.4. The van der Waals surface area contributed by atoms with Crippen LogP contribution in [-0.4, -0.2) is 9.97 Å². The zero-order valence-electron chi connectivity index (χ0n) is 21.4. The first-order valence-corrected chi connectivity index (χ1v) is 13.0. The highest BCUT2D eigenvalue weighted by molar-refractivity contribution is 6.11. The van der Waals surface area contributed by atoms with E-state index >= 15 is 0 Å². The molecule has 2 nitrogen and oxygen atoms in total. The van der Waals surface area contributed by atoms with E-state index in [1.165, 1.54) is 49.5 Å². The Bertz CT molecular complexity index is 1980. The summed E-state index contributed by atoms with van der Waals surface area (Å²) in [4.78, 5) is 9.47. The number of fused-ring (bicyclic) bond motifs is 4. The molecule has 0 unspecified atom stereocenters. The van der Waals surface area contributed by atoms with Gasteiger partial charge >= 0.3 is 0 Å². The molecule has 0 amide bonds. The number of benzene rings is 5. The lowest BCUT2D eigenvalue weighted by Crippen LogP contribution is -1.91. The molecule has 2 heterocycles. The van der Waals surface area contributed by atoms with E-state index in [0.29, 0.717) is 0 Å². The number of aromatic nitrogens is 2. The molecule has 7 aromatic rings. The van der Waals surface area contributed by atoms with Crippen molar-refractivity contribution in [1.82, 2.24) is 9.97 Å². The van der Waals surface area contributed by atoms with Crippen LogP contribution in [-0.2, 0) is 0 Å². The van der Waals surface area contributed by atoms with E-state index < -0.39 is 0 Å². The molecule has 7 rings (SSSR count). The quantitative estimate of drug-likeness (QED) is 0.232. The summed E-state index contributed by atoms with van der Waals surface area (Å²) in [6.45, 7) is 4.30. The highest BCUT2D eigenvalue weighted by Gasteiger charge is 2.12. The molecule has 2 aromatic heterocycles. The first-order valence-electron chi connectivity index (χ1n) is 13.0. The van der Waals surface area contributed by atoms with Crippen LogP contribution in [0.2, 0.25) is 0 Å². The van der Waals surface area contributed by atoms with Crippen molar-refractivity contribution >= 4 is 32.4 Å². The number of para-hydroxylation sites is 1. The first-order chi connectivity index (χ1) is 18.6. The van der Waals surface area contributed by atoms with Gasteiger partial charge in [0.15, 0.2) is 0 Å². The number of hydrogen-bond donors (Lipinski definition) is 0. The second kappa shape index (κ2) is 8.93. The minimum Gasteiger partial charge on any atom is -0.264 e. The first kappa shape index (κ1) is 22.4. The third-order valence-corrected chi connectivity index (χ3v) is 7.41. The molecule has 0 aliphatic carbocycles. The molecule has 0 bridgehead atoms. The molecule has 0 atom stereocenters. The molecular formula is C36H26N2. The fourth-order valence-electron chi connectivity index (χ4n) is 5.45. The Morgan fingerprint density at radius 3 is 1.97 bits per heavy atom. The Kier molecular flexibility index (Phi) is 5.26. The Balaban J connectivity index is 1.32. The summed E-state index contributed by atoms with van der Waals surface area (Å²) >= 11 is 0. The predicted molar refractivity (Wildman–Crippen MR) is 160 cm³/mol. The second-order valence-electron chi connectivity index (χ2n) is 10.1. The third kappa shape index (κ3) is 3.91. The van der Waals surface area contributed by atoms with E-state index in [2.05, 4.69) is 122 Å². The van der Waals surface area contributed by atoms with Gasteiger partial charge in [-0.1, -0.05) is 84.4 Å². The fraction of sp³-hybridized carbons (Fsp3) is 0.0556. The average Bonchev–Trinajstić information content (AvgIpc) is 2.96. The maximum Gasteiger partial charge on any atom is 0.0803 e. The molecule has 0 aliphatic rings. The summed E-state index contributed by atoms with van der Waals surface area (Å²) in [6.07, 6.45) is 3.79. The highest BCUT2D eigenvalue weighted by atomic mass is 14.7. The maximum absolute atomic E-state index is 5.06. The summed E-state index contributed by atoms with van der Waals surface area (Å²) in [5, 5.41) is 5.82. The lowest BCUT2D eigenvalue weighted by atomic mass is 9.94. The van der Waals surface area contributed by atoms with Crippen LogP contribution >= 0.6 is 0 Å². The predicted octanol–water partition coefficient (Wildman–Crippen LogP) is 9.55. The smallest absolute Gasteiger partial charge is 0.0803 e. The van der Waals surface area contributed by atoms with Gasteiger partial charge in [-0.05, 0) is 88.2 Å². The minimum atomic E-state index is 0.971. The van der Waals surface area contributed by atoms with Gasteiger partial charge < -0.3 is 0 Å². The molecule has 0 spiro atoms. The second-order valence-corrected chi connectivity index (χ2v) is 10.1. The van der Waals surface area contributed by atoms with E-state index in [1.807, 2.05) is 18.5 Å². The van der Waals surface area contributed by atoms with E-state index in [1.54, 1.807) is 0 Å². The number of pyridine rings is 2. The summed E-state index contributed by atoms with van der Waals surface area (Å²) < 4.78 is 0.